The third-order valence-electron chi connectivity index (χ3n) is 12.4. The quantitative estimate of drug-likeness (QED) is 0.161. The molecule has 1 atom stereocenters. The van der Waals surface area contributed by atoms with Gasteiger partial charge in [-0.3, -0.25) is 0 Å². The van der Waals surface area contributed by atoms with Crippen molar-refractivity contribution in [3.8, 4) is 16.8 Å². The molecule has 1 unspecified atom stereocenters. The van der Waals surface area contributed by atoms with Crippen LogP contribution in [0, 0.1) is 0 Å². The molecule has 1 aromatic heterocycles. The molecule has 7 aromatic carbocycles. The van der Waals surface area contributed by atoms with Crippen LogP contribution in [0.15, 0.2) is 203 Å². The van der Waals surface area contributed by atoms with Crippen LogP contribution in [0.5, 0.6) is 0 Å². The van der Waals surface area contributed by atoms with Gasteiger partial charge in [-0.2, -0.15) is 10.4 Å². The van der Waals surface area contributed by atoms with E-state index in [9.17, 15) is 0 Å². The minimum absolute atomic E-state index is 0.0728. The molecule has 0 amide bonds. The summed E-state index contributed by atoms with van der Waals surface area (Å²) in [5.41, 5.74) is 12.0. The van der Waals surface area contributed by atoms with Crippen molar-refractivity contribution in [1.82, 2.24) is 9.88 Å². The van der Waals surface area contributed by atoms with Crippen LogP contribution in [0.25, 0.3) is 38.6 Å². The second-order valence-electron chi connectivity index (χ2n) is 16.3. The van der Waals surface area contributed by atoms with Gasteiger partial charge in [-0.25, -0.2) is 24.0 Å². The normalized spacial score (nSPS) is 16.5. The lowest BCUT2D eigenvalue weighted by atomic mass is 9.82. The van der Waals surface area contributed by atoms with Crippen molar-refractivity contribution < 1.29 is 0 Å². The molecule has 11 rings (SSSR count). The van der Waals surface area contributed by atoms with Gasteiger partial charge in [0.15, 0.2) is 6.17 Å². The maximum Gasteiger partial charge on any atom is 0.169 e. The zero-order chi connectivity index (χ0) is 39.5. The number of rotatable bonds is 7. The molecule has 2 aliphatic carbocycles. The molecule has 0 saturated carbocycles. The van der Waals surface area contributed by atoms with Crippen LogP contribution < -0.4 is 15.7 Å². The largest absolute Gasteiger partial charge is 0.324 e. The summed E-state index contributed by atoms with van der Waals surface area (Å²) in [5.74, 6) is 1.64. The lowest BCUT2D eigenvalue weighted by molar-refractivity contribution is 0.661. The first kappa shape index (κ1) is 35.3. The molecule has 0 radical (unpaired) electrons. The summed E-state index contributed by atoms with van der Waals surface area (Å²) in [7, 11) is -1.19. The van der Waals surface area contributed by atoms with E-state index in [1.165, 1.54) is 59.6 Å². The molecule has 3 aliphatic rings. The fourth-order valence-electron chi connectivity index (χ4n) is 9.62. The van der Waals surface area contributed by atoms with E-state index in [4.69, 9.17) is 9.98 Å². The highest BCUT2D eigenvalue weighted by Gasteiger charge is 2.37. The molecule has 4 nitrogen and oxygen atoms in total. The Morgan fingerprint density at radius 2 is 1.32 bits per heavy atom. The van der Waals surface area contributed by atoms with Crippen LogP contribution in [0.3, 0.4) is 0 Å². The zero-order valence-electron chi connectivity index (χ0n) is 33.2. The highest BCUT2D eigenvalue weighted by Crippen LogP contribution is 2.53. The standard InChI is InChI=1S/C54H43N4Si/c1-54(2)45-30-14-12-28-43(45)49-46(54)32-33-48-50(49)44-29-13-15-31-47(44)58(48)39-22-16-20-37(34-39)52-55-51(36-18-6-3-7-19-36)56-53(57-52)38-21-17-27-42(35-38)59(40-23-8-4-9-24-40)41-25-10-5-11-26-41/h3-10,12-25,27-35,51H,11,26H2,1-2H3,(H,55,56,57)/q-1. The van der Waals surface area contributed by atoms with Gasteiger partial charge >= 0.3 is 0 Å². The molecule has 0 fully saturated rings. The summed E-state index contributed by atoms with van der Waals surface area (Å²) in [6.07, 6.45) is 8.64. The number of hydrogen-bond donors (Lipinski definition) is 1. The van der Waals surface area contributed by atoms with Crippen LogP contribution in [0.2, 0.25) is 0 Å². The number of para-hydroxylation sites is 1. The summed E-state index contributed by atoms with van der Waals surface area (Å²) >= 11 is 0. The zero-order valence-corrected chi connectivity index (χ0v) is 34.2. The molecular weight excluding hydrogens is 733 g/mol. The number of benzene rings is 7. The van der Waals surface area contributed by atoms with E-state index < -0.39 is 8.80 Å². The molecule has 0 spiro atoms. The average Bonchev–Trinajstić information content (AvgIpc) is 3.76. The molecule has 0 saturated heterocycles. The molecule has 1 N–H and O–H groups in total. The fourth-order valence-corrected chi connectivity index (χ4v) is 12.4. The first-order chi connectivity index (χ1) is 29.0. The first-order valence-corrected chi connectivity index (χ1v) is 22.2. The molecule has 0 bridgehead atoms. The van der Waals surface area contributed by atoms with Crippen molar-refractivity contribution in [3.63, 3.8) is 0 Å². The van der Waals surface area contributed by atoms with Gasteiger partial charge in [0.25, 0.3) is 0 Å². The fraction of sp³-hybridized carbons (Fsp3) is 0.111. The number of nitrogens with zero attached hydrogens (tertiary/aromatic N) is 3. The van der Waals surface area contributed by atoms with E-state index in [1.807, 2.05) is 0 Å². The Morgan fingerprint density at radius 1 is 0.627 bits per heavy atom. The second kappa shape index (κ2) is 14.2. The van der Waals surface area contributed by atoms with Crippen LogP contribution in [-0.2, 0) is 5.41 Å². The van der Waals surface area contributed by atoms with Gasteiger partial charge in [-0.1, -0.05) is 184 Å². The maximum absolute atomic E-state index is 5.31. The molecule has 5 heteroatoms. The second-order valence-corrected chi connectivity index (χ2v) is 18.8. The highest BCUT2D eigenvalue weighted by molar-refractivity contribution is 6.91. The lowest BCUT2D eigenvalue weighted by Crippen LogP contribution is -2.45. The molecule has 284 valence electrons. The molecule has 2 heterocycles. The summed E-state index contributed by atoms with van der Waals surface area (Å²) in [4.78, 5) is 10.6. The van der Waals surface area contributed by atoms with Crippen molar-refractivity contribution in [1.29, 1.82) is 0 Å². The predicted molar refractivity (Wildman–Crippen MR) is 248 cm³/mol. The highest BCUT2D eigenvalue weighted by atomic mass is 28.3. The van der Waals surface area contributed by atoms with Crippen molar-refractivity contribution in [2.75, 3.05) is 0 Å². The molecular formula is C54H43N4Si-. The molecule has 59 heavy (non-hydrogen) atoms. The van der Waals surface area contributed by atoms with E-state index >= 15 is 0 Å². The number of hydrogen-bond acceptors (Lipinski definition) is 3. The van der Waals surface area contributed by atoms with Gasteiger partial charge in [0, 0.05) is 33.0 Å². The van der Waals surface area contributed by atoms with Crippen molar-refractivity contribution in [2.45, 2.75) is 38.3 Å². The Kier molecular flexibility index (Phi) is 8.52. The van der Waals surface area contributed by atoms with Gasteiger partial charge < -0.3 is 9.88 Å². The lowest BCUT2D eigenvalue weighted by Gasteiger charge is -2.37. The van der Waals surface area contributed by atoms with Crippen LogP contribution >= 0.6 is 0 Å². The minimum atomic E-state index is -1.19. The summed E-state index contributed by atoms with van der Waals surface area (Å²) in [6.45, 7) is 4.71. The number of fused-ring (bicyclic) bond motifs is 7. The average molecular weight is 776 g/mol. The van der Waals surface area contributed by atoms with Crippen LogP contribution in [0.1, 0.15) is 60.7 Å². The Hall–Kier alpha value is -6.82. The van der Waals surface area contributed by atoms with Gasteiger partial charge in [0.2, 0.25) is 0 Å². The third kappa shape index (κ3) is 5.95. The SMILES string of the molecule is CC1(C)c2ccccc2-c2c1ccc1c2c2ccccc2n1-c1cccc(C2=NC(c3ccccc3)N=C(c3cccc([Si-](C4=CC=CCC4)c4ccccc4)c3)N2)c1. The molecule has 1 aliphatic heterocycles. The van der Waals surface area contributed by atoms with Gasteiger partial charge in [0.1, 0.15) is 11.7 Å². The van der Waals surface area contributed by atoms with E-state index in [0.29, 0.717) is 0 Å². The number of nitrogens with one attached hydrogen (secondary N) is 1. The molecule has 8 aromatic rings. The van der Waals surface area contributed by atoms with Crippen LogP contribution in [0.4, 0.5) is 0 Å². The van der Waals surface area contributed by atoms with E-state index in [1.54, 1.807) is 0 Å². The number of allylic oxidation sites excluding steroid dienone is 4. The number of aromatic nitrogens is 1. The smallest absolute Gasteiger partial charge is 0.169 e. The first-order valence-electron chi connectivity index (χ1n) is 20.7. The van der Waals surface area contributed by atoms with Gasteiger partial charge in [-0.15, -0.1) is 0 Å². The van der Waals surface area contributed by atoms with Crippen molar-refractivity contribution >= 4 is 52.6 Å². The van der Waals surface area contributed by atoms with Gasteiger partial charge in [0.05, 0.1) is 11.0 Å². The van der Waals surface area contributed by atoms with E-state index in [-0.39, 0.29) is 11.6 Å². The predicted octanol–water partition coefficient (Wildman–Crippen LogP) is 11.0. The number of aliphatic imine (C=N–C) groups is 2. The topological polar surface area (TPSA) is 41.7 Å². The Balaban J connectivity index is 1.03. The maximum atomic E-state index is 5.31. The van der Waals surface area contributed by atoms with E-state index in [2.05, 4.69) is 212 Å². The van der Waals surface area contributed by atoms with Crippen molar-refractivity contribution in [3.05, 3.63) is 221 Å². The summed E-state index contributed by atoms with van der Waals surface area (Å²) in [5, 5.41) is 10.6. The Morgan fingerprint density at radius 3 is 2.12 bits per heavy atom. The monoisotopic (exact) mass is 775 g/mol. The van der Waals surface area contributed by atoms with Crippen LogP contribution in [-0.4, -0.2) is 25.0 Å². The Bertz CT molecular complexity index is 3060. The minimum Gasteiger partial charge on any atom is -0.324 e. The van der Waals surface area contributed by atoms with E-state index in [0.717, 1.165) is 46.9 Å². The number of amidine groups is 2. The summed E-state index contributed by atoms with van der Waals surface area (Å²) < 4.78 is 2.43. The summed E-state index contributed by atoms with van der Waals surface area (Å²) in [6, 6.07) is 61.9. The van der Waals surface area contributed by atoms with Crippen molar-refractivity contribution in [2.24, 2.45) is 9.98 Å². The Labute approximate surface area is 347 Å². The third-order valence-corrected chi connectivity index (χ3v) is 15.3. The van der Waals surface area contributed by atoms with Gasteiger partial charge in [-0.05, 0) is 58.5 Å².